The van der Waals surface area contributed by atoms with Gasteiger partial charge in [0.2, 0.25) is 0 Å². The molecule has 5 heteroatoms. The molecular weight excluding hydrogens is 208 g/mol. The summed E-state index contributed by atoms with van der Waals surface area (Å²) in [6.45, 7) is 0.664. The molecule has 0 bridgehead atoms. The largest absolute Gasteiger partial charge is 0.369 e. The molecule has 0 aliphatic heterocycles. The predicted molar refractivity (Wildman–Crippen MR) is 56.7 cm³/mol. The summed E-state index contributed by atoms with van der Waals surface area (Å²) in [5, 5.41) is 3.66. The molecule has 1 aromatic heterocycles. The van der Waals surface area contributed by atoms with Gasteiger partial charge in [-0.05, 0) is 12.1 Å². The highest BCUT2D eigenvalue weighted by Gasteiger charge is 1.94. The van der Waals surface area contributed by atoms with Gasteiger partial charge in [-0.3, -0.25) is 4.21 Å². The number of hydrogen-bond acceptors (Lipinski definition) is 3. The summed E-state index contributed by atoms with van der Waals surface area (Å²) in [5.41, 5.74) is 0. The van der Waals surface area contributed by atoms with Crippen LogP contribution in [0.1, 0.15) is 0 Å². The first kappa shape index (κ1) is 10.5. The molecule has 1 aromatic rings. The molecule has 3 nitrogen and oxygen atoms in total. The summed E-state index contributed by atoms with van der Waals surface area (Å²) in [4.78, 5) is 4.03. The van der Waals surface area contributed by atoms with Crippen LogP contribution in [-0.2, 0) is 10.8 Å². The Hall–Kier alpha value is -0.610. The second-order valence-electron chi connectivity index (χ2n) is 2.57. The van der Waals surface area contributed by atoms with Gasteiger partial charge < -0.3 is 5.32 Å². The van der Waals surface area contributed by atoms with E-state index in [0.29, 0.717) is 17.3 Å². The molecule has 1 rings (SSSR count). The molecule has 0 spiro atoms. The Morgan fingerprint density at radius 3 is 2.92 bits per heavy atom. The predicted octanol–water partition coefficient (Wildman–Crippen LogP) is 1.53. The maximum absolute atomic E-state index is 10.7. The monoisotopic (exact) mass is 218 g/mol. The molecule has 0 radical (unpaired) electrons. The molecule has 72 valence electrons. The highest BCUT2D eigenvalue weighted by atomic mass is 35.5. The highest BCUT2D eigenvalue weighted by molar-refractivity contribution is 7.84. The third-order valence-corrected chi connectivity index (χ3v) is 2.43. The Bertz CT molecular complexity index is 289. The van der Waals surface area contributed by atoms with Crippen LogP contribution in [0.25, 0.3) is 0 Å². The van der Waals surface area contributed by atoms with Crippen molar-refractivity contribution in [2.24, 2.45) is 0 Å². The fourth-order valence-corrected chi connectivity index (χ4v) is 1.30. The normalized spacial score (nSPS) is 12.5. The van der Waals surface area contributed by atoms with Crippen molar-refractivity contribution in [1.82, 2.24) is 4.98 Å². The highest BCUT2D eigenvalue weighted by Crippen LogP contribution is 2.08. The van der Waals surface area contributed by atoms with Gasteiger partial charge >= 0.3 is 0 Å². The number of nitrogens with one attached hydrogen (secondary N) is 1. The van der Waals surface area contributed by atoms with Crippen LogP contribution in [0.2, 0.25) is 5.02 Å². The number of nitrogens with zero attached hydrogens (tertiary/aromatic N) is 1. The van der Waals surface area contributed by atoms with E-state index >= 15 is 0 Å². The summed E-state index contributed by atoms with van der Waals surface area (Å²) in [7, 11) is -0.760. The third kappa shape index (κ3) is 4.24. The van der Waals surface area contributed by atoms with Crippen molar-refractivity contribution < 1.29 is 4.21 Å². The van der Waals surface area contributed by atoms with Crippen LogP contribution < -0.4 is 5.32 Å². The van der Waals surface area contributed by atoms with Crippen molar-refractivity contribution in [2.45, 2.75) is 0 Å². The third-order valence-electron chi connectivity index (χ3n) is 1.42. The fraction of sp³-hybridized carbons (Fsp3) is 0.375. The molecule has 0 saturated heterocycles. The second-order valence-corrected chi connectivity index (χ2v) is 4.56. The van der Waals surface area contributed by atoms with Crippen LogP contribution in [0.3, 0.4) is 0 Å². The van der Waals surface area contributed by atoms with Gasteiger partial charge in [0.1, 0.15) is 5.82 Å². The summed E-state index contributed by atoms with van der Waals surface area (Å²) < 4.78 is 10.7. The number of aromatic nitrogens is 1. The zero-order valence-corrected chi connectivity index (χ0v) is 8.86. The van der Waals surface area contributed by atoms with Gasteiger partial charge in [-0.1, -0.05) is 11.6 Å². The summed E-state index contributed by atoms with van der Waals surface area (Å²) >= 11 is 5.66. The van der Waals surface area contributed by atoms with Crippen LogP contribution in [-0.4, -0.2) is 27.7 Å². The zero-order valence-electron chi connectivity index (χ0n) is 7.29. The van der Waals surface area contributed by atoms with E-state index in [2.05, 4.69) is 10.3 Å². The van der Waals surface area contributed by atoms with E-state index in [1.807, 2.05) is 0 Å². The summed E-state index contributed by atoms with van der Waals surface area (Å²) in [5.74, 6) is 1.39. The van der Waals surface area contributed by atoms with Crippen LogP contribution in [0.4, 0.5) is 5.82 Å². The topological polar surface area (TPSA) is 42.0 Å². The number of anilines is 1. The van der Waals surface area contributed by atoms with Gasteiger partial charge in [-0.15, -0.1) is 0 Å². The van der Waals surface area contributed by atoms with Crippen molar-refractivity contribution in [3.8, 4) is 0 Å². The average Bonchev–Trinajstić information content (AvgIpc) is 2.08. The summed E-state index contributed by atoms with van der Waals surface area (Å²) in [6.07, 6.45) is 3.25. The first-order valence-corrected chi connectivity index (χ1v) is 5.94. The Morgan fingerprint density at radius 1 is 1.62 bits per heavy atom. The van der Waals surface area contributed by atoms with E-state index in [4.69, 9.17) is 11.6 Å². The maximum Gasteiger partial charge on any atom is 0.126 e. The van der Waals surface area contributed by atoms with Crippen molar-refractivity contribution >= 4 is 28.2 Å². The molecule has 1 heterocycles. The molecule has 1 unspecified atom stereocenters. The number of halogens is 1. The lowest BCUT2D eigenvalue weighted by Gasteiger charge is -2.03. The van der Waals surface area contributed by atoms with Crippen molar-refractivity contribution in [3.63, 3.8) is 0 Å². The molecule has 0 aliphatic rings. The Morgan fingerprint density at radius 2 is 2.38 bits per heavy atom. The molecule has 13 heavy (non-hydrogen) atoms. The van der Waals surface area contributed by atoms with E-state index in [9.17, 15) is 4.21 Å². The minimum Gasteiger partial charge on any atom is -0.369 e. The number of pyridine rings is 1. The van der Waals surface area contributed by atoms with E-state index in [1.54, 1.807) is 24.6 Å². The SMILES string of the molecule is CS(=O)CCNc1ccc(Cl)cn1. The Kier molecular flexibility index (Phi) is 4.18. The van der Waals surface area contributed by atoms with Crippen molar-refractivity contribution in [3.05, 3.63) is 23.4 Å². The summed E-state index contributed by atoms with van der Waals surface area (Å²) in [6, 6.07) is 3.56. The van der Waals surface area contributed by atoms with E-state index in [1.165, 1.54) is 0 Å². The standard InChI is InChI=1S/C8H11ClN2OS/c1-13(12)5-4-10-8-3-2-7(9)6-11-8/h2-3,6H,4-5H2,1H3,(H,10,11). The van der Waals surface area contributed by atoms with Crippen molar-refractivity contribution in [2.75, 3.05) is 23.9 Å². The van der Waals surface area contributed by atoms with Crippen LogP contribution in [0, 0.1) is 0 Å². The first-order valence-electron chi connectivity index (χ1n) is 3.84. The number of rotatable bonds is 4. The van der Waals surface area contributed by atoms with Crippen LogP contribution in [0.15, 0.2) is 18.3 Å². The molecule has 0 amide bonds. The lowest BCUT2D eigenvalue weighted by atomic mass is 10.4. The molecule has 0 fully saturated rings. The minimum absolute atomic E-state index is 0.615. The second kappa shape index (κ2) is 5.19. The molecule has 1 atom stereocenters. The van der Waals surface area contributed by atoms with Crippen LogP contribution in [0.5, 0.6) is 0 Å². The number of hydrogen-bond donors (Lipinski definition) is 1. The quantitative estimate of drug-likeness (QED) is 0.834. The lowest BCUT2D eigenvalue weighted by Crippen LogP contribution is -2.10. The lowest BCUT2D eigenvalue weighted by molar-refractivity contribution is 0.687. The van der Waals surface area contributed by atoms with Gasteiger partial charge in [0.15, 0.2) is 0 Å². The molecular formula is C8H11ClN2OS. The van der Waals surface area contributed by atoms with Gasteiger partial charge in [0.05, 0.1) is 5.02 Å². The fourth-order valence-electron chi connectivity index (χ4n) is 0.803. The van der Waals surface area contributed by atoms with Gasteiger partial charge in [-0.2, -0.15) is 0 Å². The molecule has 0 aliphatic carbocycles. The van der Waals surface area contributed by atoms with E-state index < -0.39 is 10.8 Å². The minimum atomic E-state index is -0.760. The van der Waals surface area contributed by atoms with Crippen LogP contribution >= 0.6 is 11.6 Å². The average molecular weight is 219 g/mol. The van der Waals surface area contributed by atoms with Gasteiger partial charge in [0, 0.05) is 35.5 Å². The molecule has 0 aromatic carbocycles. The van der Waals surface area contributed by atoms with Crippen molar-refractivity contribution in [1.29, 1.82) is 0 Å². The van der Waals surface area contributed by atoms with Gasteiger partial charge in [-0.25, -0.2) is 4.98 Å². The molecule has 1 N–H and O–H groups in total. The maximum atomic E-state index is 10.7. The zero-order chi connectivity index (χ0) is 9.68. The first-order chi connectivity index (χ1) is 6.18. The Labute approximate surface area is 85.0 Å². The van der Waals surface area contributed by atoms with E-state index in [-0.39, 0.29) is 0 Å². The smallest absolute Gasteiger partial charge is 0.126 e. The van der Waals surface area contributed by atoms with Gasteiger partial charge in [0.25, 0.3) is 0 Å². The molecule has 0 saturated carbocycles. The Balaban J connectivity index is 2.37. The van der Waals surface area contributed by atoms with E-state index in [0.717, 1.165) is 5.82 Å².